The zero-order chi connectivity index (χ0) is 29.0. The molecule has 4 rings (SSSR count). The highest BCUT2D eigenvalue weighted by molar-refractivity contribution is 5.96. The third-order valence-electron chi connectivity index (χ3n) is 6.70. The Morgan fingerprint density at radius 1 is 0.971 bits per heavy atom. The van der Waals surface area contributed by atoms with E-state index in [2.05, 4.69) is 25.7 Å². The summed E-state index contributed by atoms with van der Waals surface area (Å²) in [5.74, 6) is 0.169. The van der Waals surface area contributed by atoms with E-state index in [9.17, 15) is 4.79 Å². The lowest BCUT2D eigenvalue weighted by Crippen LogP contribution is -2.38. The molecule has 1 aliphatic rings. The largest absolute Gasteiger partial charge is 0.365 e. The predicted octanol–water partition coefficient (Wildman–Crippen LogP) is 7.22. The van der Waals surface area contributed by atoms with Crippen LogP contribution in [-0.2, 0) is 10.2 Å². The lowest BCUT2D eigenvalue weighted by Gasteiger charge is -2.34. The van der Waals surface area contributed by atoms with E-state index in [0.29, 0.717) is 6.42 Å². The SMILES string of the molecule is [2H]c1c([2H])c([2H])c(C(OC2CCN(CCCC(=O)c3ccc(C(C)(C)C)cc3)CC2)c2ccccc2)c([2H])c1[2H]. The standard InChI is InChI=1S/C32H39NO2/c1-32(2,3)28-18-16-25(17-19-28)30(34)15-10-22-33-23-20-29(21-24-33)35-31(26-11-6-4-7-12-26)27-13-8-5-9-14-27/h4-9,11-14,16-19,29,31H,10,15,20-24H2,1-3H3/i4D,6D,7D,11D,12D. The number of carbonyl (C=O) groups excluding carboxylic acids is 1. The van der Waals surface area contributed by atoms with E-state index in [0.717, 1.165) is 50.0 Å². The van der Waals surface area contributed by atoms with Gasteiger partial charge in [0.2, 0.25) is 0 Å². The number of benzene rings is 3. The maximum absolute atomic E-state index is 12.7. The van der Waals surface area contributed by atoms with Gasteiger partial charge in [-0.05, 0) is 47.9 Å². The number of rotatable bonds is 9. The minimum Gasteiger partial charge on any atom is -0.365 e. The van der Waals surface area contributed by atoms with E-state index in [1.165, 1.54) is 5.56 Å². The van der Waals surface area contributed by atoms with Gasteiger partial charge in [0.15, 0.2) is 5.78 Å². The monoisotopic (exact) mass is 474 g/mol. The van der Waals surface area contributed by atoms with Gasteiger partial charge in [0.05, 0.1) is 13.0 Å². The molecule has 0 bridgehead atoms. The van der Waals surface area contributed by atoms with Crippen LogP contribution in [0.3, 0.4) is 0 Å². The first-order valence-electron chi connectivity index (χ1n) is 15.1. The van der Waals surface area contributed by atoms with Crippen LogP contribution in [0.15, 0.2) is 84.8 Å². The Balaban J connectivity index is 1.35. The second kappa shape index (κ2) is 11.8. The van der Waals surface area contributed by atoms with E-state index < -0.39 is 12.1 Å². The molecule has 1 aliphatic heterocycles. The zero-order valence-corrected chi connectivity index (χ0v) is 21.1. The average Bonchev–Trinajstić information content (AvgIpc) is 2.95. The molecule has 0 N–H and O–H groups in total. The third kappa shape index (κ3) is 7.13. The van der Waals surface area contributed by atoms with Crippen molar-refractivity contribution in [3.05, 3.63) is 107 Å². The molecular formula is C32H39NO2. The fourth-order valence-electron chi connectivity index (χ4n) is 4.56. The van der Waals surface area contributed by atoms with Crippen molar-refractivity contribution >= 4 is 5.78 Å². The Kier molecular flexibility index (Phi) is 6.55. The normalized spacial score (nSPS) is 18.2. The molecule has 184 valence electrons. The fourth-order valence-corrected chi connectivity index (χ4v) is 4.56. The molecule has 0 amide bonds. The lowest BCUT2D eigenvalue weighted by atomic mass is 9.86. The van der Waals surface area contributed by atoms with E-state index in [-0.39, 0.29) is 47.0 Å². The Morgan fingerprint density at radius 3 is 2.26 bits per heavy atom. The van der Waals surface area contributed by atoms with Crippen LogP contribution >= 0.6 is 0 Å². The summed E-state index contributed by atoms with van der Waals surface area (Å²) in [5.41, 5.74) is 2.98. The Morgan fingerprint density at radius 2 is 1.63 bits per heavy atom. The molecule has 1 saturated heterocycles. The zero-order valence-electron chi connectivity index (χ0n) is 26.1. The molecule has 3 heteroatoms. The second-order valence-corrected chi connectivity index (χ2v) is 10.4. The van der Waals surface area contributed by atoms with Crippen molar-refractivity contribution in [1.82, 2.24) is 4.90 Å². The Hall–Kier alpha value is -2.75. The highest BCUT2D eigenvalue weighted by Crippen LogP contribution is 2.30. The van der Waals surface area contributed by atoms with Crippen molar-refractivity contribution in [1.29, 1.82) is 0 Å². The number of carbonyl (C=O) groups is 1. The van der Waals surface area contributed by atoms with Gasteiger partial charge >= 0.3 is 0 Å². The first kappa shape index (κ1) is 19.4. The molecule has 1 unspecified atom stereocenters. The van der Waals surface area contributed by atoms with Crippen molar-refractivity contribution in [2.75, 3.05) is 19.6 Å². The first-order valence-corrected chi connectivity index (χ1v) is 12.6. The molecule has 1 atom stereocenters. The van der Waals surface area contributed by atoms with E-state index in [1.807, 2.05) is 54.6 Å². The number of nitrogens with zero attached hydrogens (tertiary/aromatic N) is 1. The maximum atomic E-state index is 12.7. The van der Waals surface area contributed by atoms with Crippen LogP contribution in [0.5, 0.6) is 0 Å². The second-order valence-electron chi connectivity index (χ2n) is 10.4. The van der Waals surface area contributed by atoms with Crippen LogP contribution in [0.25, 0.3) is 0 Å². The van der Waals surface area contributed by atoms with Crippen molar-refractivity contribution in [3.63, 3.8) is 0 Å². The molecule has 1 heterocycles. The molecule has 0 radical (unpaired) electrons. The fraction of sp³-hybridized carbons (Fsp3) is 0.406. The van der Waals surface area contributed by atoms with Gasteiger partial charge in [-0.1, -0.05) is 106 Å². The molecule has 0 saturated carbocycles. The first-order chi connectivity index (χ1) is 19.0. The van der Waals surface area contributed by atoms with Crippen LogP contribution in [-0.4, -0.2) is 36.4 Å². The van der Waals surface area contributed by atoms with Crippen molar-refractivity contribution in [2.45, 2.75) is 64.1 Å². The van der Waals surface area contributed by atoms with Gasteiger partial charge in [0.1, 0.15) is 6.10 Å². The summed E-state index contributed by atoms with van der Waals surface area (Å²) in [4.78, 5) is 15.1. The molecule has 0 aliphatic carbocycles. The molecule has 0 aromatic heterocycles. The van der Waals surface area contributed by atoms with E-state index in [4.69, 9.17) is 11.6 Å². The van der Waals surface area contributed by atoms with Gasteiger partial charge in [0.25, 0.3) is 0 Å². The van der Waals surface area contributed by atoms with E-state index >= 15 is 0 Å². The Bertz CT molecular complexity index is 1280. The maximum Gasteiger partial charge on any atom is 0.162 e. The van der Waals surface area contributed by atoms with Gasteiger partial charge in [-0.2, -0.15) is 0 Å². The average molecular weight is 475 g/mol. The topological polar surface area (TPSA) is 29.5 Å². The van der Waals surface area contributed by atoms with Gasteiger partial charge in [0, 0.05) is 25.1 Å². The van der Waals surface area contributed by atoms with Crippen molar-refractivity contribution < 1.29 is 16.4 Å². The number of hydrogen-bond donors (Lipinski definition) is 0. The molecule has 1 fully saturated rings. The molecule has 3 aromatic rings. The molecule has 0 spiro atoms. The van der Waals surface area contributed by atoms with Gasteiger partial charge in [-0.15, -0.1) is 0 Å². The van der Waals surface area contributed by atoms with Gasteiger partial charge in [-0.3, -0.25) is 4.79 Å². The Labute approximate surface area is 218 Å². The van der Waals surface area contributed by atoms with Crippen LogP contribution < -0.4 is 0 Å². The summed E-state index contributed by atoms with van der Waals surface area (Å²) in [6.07, 6.45) is 1.97. The van der Waals surface area contributed by atoms with Crippen LogP contribution in [0.1, 0.15) is 86.5 Å². The number of ether oxygens (including phenoxy) is 1. The smallest absolute Gasteiger partial charge is 0.162 e. The molecular weight excluding hydrogens is 430 g/mol. The van der Waals surface area contributed by atoms with Gasteiger partial charge in [-0.25, -0.2) is 0 Å². The van der Waals surface area contributed by atoms with E-state index in [1.54, 1.807) is 0 Å². The number of hydrogen-bond acceptors (Lipinski definition) is 3. The number of Topliss-reactive ketones (excluding diaryl/α,β-unsaturated/α-hetero) is 1. The van der Waals surface area contributed by atoms with Crippen molar-refractivity contribution in [3.8, 4) is 0 Å². The third-order valence-corrected chi connectivity index (χ3v) is 6.70. The lowest BCUT2D eigenvalue weighted by molar-refractivity contribution is -0.0270. The summed E-state index contributed by atoms with van der Waals surface area (Å²) in [7, 11) is 0. The summed E-state index contributed by atoms with van der Waals surface area (Å²) in [5, 5.41) is 0. The summed E-state index contributed by atoms with van der Waals surface area (Å²) < 4.78 is 47.7. The van der Waals surface area contributed by atoms with Crippen LogP contribution in [0, 0.1) is 0 Å². The minimum atomic E-state index is -0.756. The number of likely N-dealkylation sites (tertiary alicyclic amines) is 1. The predicted molar refractivity (Wildman–Crippen MR) is 144 cm³/mol. The van der Waals surface area contributed by atoms with Gasteiger partial charge < -0.3 is 9.64 Å². The van der Waals surface area contributed by atoms with Crippen molar-refractivity contribution in [2.24, 2.45) is 0 Å². The minimum absolute atomic E-state index is 0.0627. The number of ketones is 1. The van der Waals surface area contributed by atoms with Crippen LogP contribution in [0.2, 0.25) is 0 Å². The van der Waals surface area contributed by atoms with Crippen LogP contribution in [0.4, 0.5) is 0 Å². The number of piperidine rings is 1. The molecule has 3 aromatic carbocycles. The highest BCUT2D eigenvalue weighted by atomic mass is 16.5. The molecule has 3 nitrogen and oxygen atoms in total. The summed E-state index contributed by atoms with van der Waals surface area (Å²) in [6, 6.07) is 15.8. The quantitative estimate of drug-likeness (QED) is 0.307. The highest BCUT2D eigenvalue weighted by Gasteiger charge is 2.24. The molecule has 35 heavy (non-hydrogen) atoms. The summed E-state index contributed by atoms with van der Waals surface area (Å²) >= 11 is 0. The summed E-state index contributed by atoms with van der Waals surface area (Å²) in [6.45, 7) is 8.97.